The van der Waals surface area contributed by atoms with Crippen LogP contribution in [0.4, 0.5) is 0 Å². The van der Waals surface area contributed by atoms with Gasteiger partial charge in [0.15, 0.2) is 23.0 Å². The largest absolute Gasteiger partial charge is 0.388 e. The van der Waals surface area contributed by atoms with Crippen molar-refractivity contribution in [2.24, 2.45) is 22.7 Å². The Kier molecular flexibility index (Phi) is 3.86. The number of aliphatic hydroxyl groups excluding tert-OH is 1. The summed E-state index contributed by atoms with van der Waals surface area (Å²) in [6.45, 7) is 7.53. The standard InChI is InChI=1S/C24H30O5/c1-21(2)28-20-12-18-16-6-5-14-11-15(26)7-9-22(14,3)17(16)8-10-23(18,4)24(20,29-21)19(27)13-25/h7-9,11,16,18,20,25H,5-6,10,12-13H2,1-4H3/t16-,18+,20-,22-,23-,24+/m1/s1. The SMILES string of the molecule is CC1(C)O[C@@H]2C[C@H]3[C@@H]4CCC5=CC(=O)C=C[C@@]5(C)C4=CC[C@@]3(C)[C@@]2(C(=O)CO)O1. The Morgan fingerprint density at radius 3 is 2.76 bits per heavy atom. The zero-order valence-electron chi connectivity index (χ0n) is 17.7. The van der Waals surface area contributed by atoms with E-state index < -0.39 is 23.4 Å². The molecule has 1 aliphatic heterocycles. The third-order valence-corrected chi connectivity index (χ3v) is 8.50. The molecule has 5 aliphatic rings. The molecule has 156 valence electrons. The lowest BCUT2D eigenvalue weighted by molar-refractivity contribution is -0.206. The molecule has 3 fully saturated rings. The molecule has 0 unspecified atom stereocenters. The summed E-state index contributed by atoms with van der Waals surface area (Å²) in [6, 6.07) is 0. The predicted octanol–water partition coefficient (Wildman–Crippen LogP) is 3.28. The number of aliphatic hydroxyl groups is 1. The maximum Gasteiger partial charge on any atom is 0.193 e. The molecular weight excluding hydrogens is 368 g/mol. The van der Waals surface area contributed by atoms with Crippen LogP contribution in [-0.2, 0) is 19.1 Å². The predicted molar refractivity (Wildman–Crippen MR) is 107 cm³/mol. The zero-order chi connectivity index (χ0) is 20.8. The van der Waals surface area contributed by atoms with Gasteiger partial charge >= 0.3 is 0 Å². The van der Waals surface area contributed by atoms with Crippen molar-refractivity contribution >= 4 is 11.6 Å². The van der Waals surface area contributed by atoms with Gasteiger partial charge in [-0.1, -0.05) is 30.2 Å². The number of Topliss-reactive ketones (excluding diaryl/α,β-unsaturated/α-hetero) is 1. The molecule has 5 rings (SSSR count). The lowest BCUT2D eigenvalue weighted by Crippen LogP contribution is -2.59. The Balaban J connectivity index is 1.61. The lowest BCUT2D eigenvalue weighted by atomic mass is 9.51. The monoisotopic (exact) mass is 398 g/mol. The van der Waals surface area contributed by atoms with Crippen molar-refractivity contribution in [3.05, 3.63) is 35.5 Å². The van der Waals surface area contributed by atoms with Crippen LogP contribution in [0.2, 0.25) is 0 Å². The van der Waals surface area contributed by atoms with E-state index in [0.29, 0.717) is 12.3 Å². The van der Waals surface area contributed by atoms with Gasteiger partial charge < -0.3 is 14.6 Å². The number of rotatable bonds is 2. The first-order valence-corrected chi connectivity index (χ1v) is 10.7. The summed E-state index contributed by atoms with van der Waals surface area (Å²) >= 11 is 0. The maximum absolute atomic E-state index is 13.1. The minimum absolute atomic E-state index is 0.0732. The Bertz CT molecular complexity index is 895. The zero-order valence-corrected chi connectivity index (χ0v) is 17.7. The van der Waals surface area contributed by atoms with Gasteiger partial charge in [0.25, 0.3) is 0 Å². The van der Waals surface area contributed by atoms with Gasteiger partial charge in [-0.05, 0) is 70.4 Å². The van der Waals surface area contributed by atoms with Gasteiger partial charge in [0.05, 0.1) is 6.10 Å². The van der Waals surface area contributed by atoms with Crippen LogP contribution in [0, 0.1) is 22.7 Å². The summed E-state index contributed by atoms with van der Waals surface area (Å²) in [5.74, 6) is -0.472. The second kappa shape index (κ2) is 5.77. The molecule has 1 heterocycles. The van der Waals surface area contributed by atoms with E-state index in [9.17, 15) is 14.7 Å². The summed E-state index contributed by atoms with van der Waals surface area (Å²) in [7, 11) is 0. The average molecular weight is 398 g/mol. The molecule has 1 saturated heterocycles. The summed E-state index contributed by atoms with van der Waals surface area (Å²) in [4.78, 5) is 25.0. The van der Waals surface area contributed by atoms with Crippen molar-refractivity contribution in [1.82, 2.24) is 0 Å². The molecule has 29 heavy (non-hydrogen) atoms. The van der Waals surface area contributed by atoms with Gasteiger partial charge in [-0.15, -0.1) is 0 Å². The Morgan fingerprint density at radius 2 is 2.03 bits per heavy atom. The van der Waals surface area contributed by atoms with Crippen LogP contribution in [0.15, 0.2) is 35.5 Å². The van der Waals surface area contributed by atoms with Crippen molar-refractivity contribution < 1.29 is 24.2 Å². The first-order chi connectivity index (χ1) is 13.6. The highest BCUT2D eigenvalue weighted by molar-refractivity contribution is 6.01. The van der Waals surface area contributed by atoms with Crippen molar-refractivity contribution in [3.8, 4) is 0 Å². The smallest absolute Gasteiger partial charge is 0.193 e. The number of carbonyl (C=O) groups is 2. The lowest BCUT2D eigenvalue weighted by Gasteiger charge is -2.54. The Labute approximate surface area is 171 Å². The molecule has 5 heteroatoms. The molecule has 0 aromatic rings. The van der Waals surface area contributed by atoms with E-state index in [-0.39, 0.29) is 29.0 Å². The molecular formula is C24H30O5. The van der Waals surface area contributed by atoms with Gasteiger partial charge in [0, 0.05) is 10.8 Å². The fraction of sp³-hybridized carbons (Fsp3) is 0.667. The van der Waals surface area contributed by atoms with Crippen molar-refractivity contribution in [1.29, 1.82) is 0 Å². The van der Waals surface area contributed by atoms with Crippen LogP contribution in [0.25, 0.3) is 0 Å². The van der Waals surface area contributed by atoms with Gasteiger partial charge in [-0.3, -0.25) is 9.59 Å². The number of hydrogen-bond acceptors (Lipinski definition) is 5. The molecule has 0 bridgehead atoms. The number of fused-ring (bicyclic) bond motifs is 7. The van der Waals surface area contributed by atoms with Crippen LogP contribution in [0.1, 0.15) is 53.4 Å². The summed E-state index contributed by atoms with van der Waals surface area (Å²) in [6.07, 6.45) is 10.8. The van der Waals surface area contributed by atoms with Gasteiger partial charge in [-0.2, -0.15) is 0 Å². The number of ketones is 2. The van der Waals surface area contributed by atoms with E-state index in [4.69, 9.17) is 9.47 Å². The van der Waals surface area contributed by atoms with Gasteiger partial charge in [0.1, 0.15) is 6.61 Å². The number of hydrogen-bond donors (Lipinski definition) is 1. The van der Waals surface area contributed by atoms with Gasteiger partial charge in [0.2, 0.25) is 0 Å². The number of carbonyl (C=O) groups excluding carboxylic acids is 2. The third-order valence-electron chi connectivity index (χ3n) is 8.50. The van der Waals surface area contributed by atoms with Crippen LogP contribution >= 0.6 is 0 Å². The second-order valence-corrected chi connectivity index (χ2v) is 10.3. The minimum Gasteiger partial charge on any atom is -0.388 e. The highest BCUT2D eigenvalue weighted by Gasteiger charge is 2.74. The number of allylic oxidation sites excluding steroid dienone is 6. The van der Waals surface area contributed by atoms with E-state index in [1.165, 1.54) is 11.1 Å². The Hall–Kier alpha value is -1.56. The quantitative estimate of drug-likeness (QED) is 0.723. The molecule has 1 N–H and O–H groups in total. The van der Waals surface area contributed by atoms with E-state index in [2.05, 4.69) is 26.0 Å². The van der Waals surface area contributed by atoms with E-state index in [0.717, 1.165) is 19.3 Å². The second-order valence-electron chi connectivity index (χ2n) is 10.3. The van der Waals surface area contributed by atoms with E-state index >= 15 is 0 Å². The average Bonchev–Trinajstić information content (AvgIpc) is 3.07. The maximum atomic E-state index is 13.1. The minimum atomic E-state index is -1.10. The fourth-order valence-corrected chi connectivity index (χ4v) is 7.25. The molecule has 0 aromatic carbocycles. The van der Waals surface area contributed by atoms with Crippen LogP contribution in [0.5, 0.6) is 0 Å². The molecule has 4 aliphatic carbocycles. The highest BCUT2D eigenvalue weighted by Crippen LogP contribution is 2.68. The van der Waals surface area contributed by atoms with Crippen molar-refractivity contribution in [3.63, 3.8) is 0 Å². The molecule has 0 aromatic heterocycles. The van der Waals surface area contributed by atoms with E-state index in [1.54, 1.807) is 12.2 Å². The number of ether oxygens (including phenoxy) is 2. The molecule has 0 spiro atoms. The molecule has 0 amide bonds. The fourth-order valence-electron chi connectivity index (χ4n) is 7.25. The van der Waals surface area contributed by atoms with E-state index in [1.807, 2.05) is 13.8 Å². The van der Waals surface area contributed by atoms with Crippen LogP contribution in [0.3, 0.4) is 0 Å². The Morgan fingerprint density at radius 1 is 1.28 bits per heavy atom. The highest BCUT2D eigenvalue weighted by atomic mass is 16.8. The molecule has 5 nitrogen and oxygen atoms in total. The van der Waals surface area contributed by atoms with Crippen LogP contribution < -0.4 is 0 Å². The summed E-state index contributed by atoms with van der Waals surface area (Å²) < 4.78 is 12.6. The topological polar surface area (TPSA) is 72.8 Å². The van der Waals surface area contributed by atoms with Crippen molar-refractivity contribution in [2.45, 2.75) is 70.9 Å². The van der Waals surface area contributed by atoms with Crippen LogP contribution in [-0.4, -0.2) is 40.8 Å². The molecule has 6 atom stereocenters. The van der Waals surface area contributed by atoms with Gasteiger partial charge in [-0.25, -0.2) is 0 Å². The first kappa shape index (κ1) is 19.4. The molecule has 2 saturated carbocycles. The third kappa shape index (κ3) is 2.27. The molecule has 0 radical (unpaired) electrons. The van der Waals surface area contributed by atoms with Crippen molar-refractivity contribution in [2.75, 3.05) is 6.61 Å². The summed E-state index contributed by atoms with van der Waals surface area (Å²) in [5.41, 5.74) is 0.819. The normalized spacial score (nSPS) is 46.9. The summed E-state index contributed by atoms with van der Waals surface area (Å²) in [5, 5.41) is 9.82. The first-order valence-electron chi connectivity index (χ1n) is 10.7.